The van der Waals surface area contributed by atoms with Gasteiger partial charge in [-0.1, -0.05) is 5.16 Å². The lowest BCUT2D eigenvalue weighted by molar-refractivity contribution is -0.150. The molecule has 2 amide bonds. The van der Waals surface area contributed by atoms with E-state index in [1.807, 2.05) is 6.07 Å². The Morgan fingerprint density at radius 1 is 1.58 bits per heavy atom. The number of aliphatic carboxylic acids is 1. The van der Waals surface area contributed by atoms with Gasteiger partial charge in [-0.3, -0.25) is 14.5 Å². The van der Waals surface area contributed by atoms with Crippen molar-refractivity contribution in [3.05, 3.63) is 28.6 Å². The number of rotatable bonds is 8. The number of amides is 2. The lowest BCUT2D eigenvalue weighted by Gasteiger charge is -2.49. The molecule has 31 heavy (non-hydrogen) atoms. The Bertz CT molecular complexity index is 1040. The molecule has 2 aliphatic rings. The maximum Gasteiger partial charge on any atom is 0.352 e. The predicted molar refractivity (Wildman–Crippen MR) is 115 cm³/mol. The van der Waals surface area contributed by atoms with Crippen LogP contribution in [-0.4, -0.2) is 72.9 Å². The van der Waals surface area contributed by atoms with Crippen molar-refractivity contribution in [3.8, 4) is 6.07 Å². The second-order valence-corrected chi connectivity index (χ2v) is 8.72. The van der Waals surface area contributed by atoms with Crippen LogP contribution < -0.4 is 11.1 Å². The molecule has 3 rings (SSSR count). The second-order valence-electron chi connectivity index (χ2n) is 5.94. The zero-order valence-electron chi connectivity index (χ0n) is 15.8. The lowest BCUT2D eigenvalue weighted by Crippen LogP contribution is -2.71. The number of β-lactam (4-membered cyclic amide) rings is 1. The monoisotopic (exact) mass is 481 g/mol. The number of hydrogen-bond donors (Lipinski definition) is 3. The maximum absolute atomic E-state index is 12.7. The molecule has 2 atom stereocenters. The number of carbonyl (C=O) groups excluding carboxylic acids is 2. The minimum atomic E-state index is -1.23. The number of carboxylic acids is 1. The zero-order valence-corrected chi connectivity index (χ0v) is 18.3. The van der Waals surface area contributed by atoms with Crippen molar-refractivity contribution in [1.29, 1.82) is 5.26 Å². The fourth-order valence-electron chi connectivity index (χ4n) is 2.84. The average Bonchev–Trinajstić information content (AvgIpc) is 3.18. The lowest BCUT2D eigenvalue weighted by atomic mass is 10.0. The highest BCUT2D eigenvalue weighted by molar-refractivity contribution is 8.02. The normalized spacial score (nSPS) is 20.8. The molecule has 1 aromatic rings. The quantitative estimate of drug-likeness (QED) is 0.196. The van der Waals surface area contributed by atoms with E-state index >= 15 is 0 Å². The van der Waals surface area contributed by atoms with Gasteiger partial charge in [0.2, 0.25) is 11.5 Å². The molecule has 0 radical (unpaired) electrons. The Labute approximate surface area is 188 Å². The molecule has 4 N–H and O–H groups in total. The van der Waals surface area contributed by atoms with E-state index in [-0.39, 0.29) is 22.4 Å². The van der Waals surface area contributed by atoms with E-state index in [0.717, 1.165) is 16.4 Å². The number of anilines is 1. The maximum atomic E-state index is 12.7. The molecule has 3 heterocycles. The number of carbonyl (C=O) groups is 3. The van der Waals surface area contributed by atoms with Crippen molar-refractivity contribution >= 4 is 63.7 Å². The highest BCUT2D eigenvalue weighted by Gasteiger charge is 2.54. The fourth-order valence-corrected chi connectivity index (χ4v) is 5.44. The number of hydrogen-bond acceptors (Lipinski definition) is 12. The van der Waals surface area contributed by atoms with Gasteiger partial charge in [0.05, 0.1) is 6.07 Å². The molecule has 1 aromatic heterocycles. The average molecular weight is 482 g/mol. The van der Waals surface area contributed by atoms with E-state index in [2.05, 4.69) is 24.7 Å². The number of thioether (sulfide) groups is 2. The summed E-state index contributed by atoms with van der Waals surface area (Å²) in [6.45, 7) is 0. The van der Waals surface area contributed by atoms with Gasteiger partial charge in [0.1, 0.15) is 24.2 Å². The van der Waals surface area contributed by atoms with E-state index < -0.39 is 29.2 Å². The van der Waals surface area contributed by atoms with Crippen molar-refractivity contribution in [2.75, 3.05) is 24.3 Å². The minimum absolute atomic E-state index is 0.0439. The highest BCUT2D eigenvalue weighted by Crippen LogP contribution is 2.41. The summed E-state index contributed by atoms with van der Waals surface area (Å²) in [5, 5.41) is 25.4. The number of oxime groups is 1. The molecule has 0 spiro atoms. The van der Waals surface area contributed by atoms with E-state index in [1.165, 1.54) is 36.7 Å². The summed E-state index contributed by atoms with van der Waals surface area (Å²) in [6, 6.07) is 0.904. The summed E-state index contributed by atoms with van der Waals surface area (Å²) in [5.41, 5.74) is 5.75. The number of nitrogens with one attached hydrogen (secondary N) is 1. The Morgan fingerprint density at radius 2 is 2.35 bits per heavy atom. The van der Waals surface area contributed by atoms with Crippen LogP contribution in [0.4, 0.5) is 5.13 Å². The molecular formula is C16H15N7O5S3. The van der Waals surface area contributed by atoms with E-state index in [1.54, 1.807) is 5.41 Å². The first kappa shape index (κ1) is 22.6. The minimum Gasteiger partial charge on any atom is -0.477 e. The SMILES string of the molecule is CO/N=C(\C(=O)NC1C(=O)N2C(C(=O)O)=C(CS/C=C\C#N)CS[C@H]12)c1nsc(N)n1. The van der Waals surface area contributed by atoms with Gasteiger partial charge in [-0.25, -0.2) is 4.79 Å². The van der Waals surface area contributed by atoms with Crippen LogP contribution in [0.5, 0.6) is 0 Å². The van der Waals surface area contributed by atoms with Gasteiger partial charge in [-0.15, -0.1) is 23.5 Å². The Balaban J connectivity index is 1.75. The number of aromatic nitrogens is 2. The van der Waals surface area contributed by atoms with Gasteiger partial charge in [0.15, 0.2) is 5.13 Å². The first-order chi connectivity index (χ1) is 14.9. The zero-order chi connectivity index (χ0) is 22.5. The van der Waals surface area contributed by atoms with Gasteiger partial charge < -0.3 is 21.0 Å². The van der Waals surface area contributed by atoms with Crippen LogP contribution in [0, 0.1) is 11.3 Å². The number of fused-ring (bicyclic) bond motifs is 1. The summed E-state index contributed by atoms with van der Waals surface area (Å²) in [4.78, 5) is 46.9. The third-order valence-electron chi connectivity index (χ3n) is 4.08. The molecule has 0 aromatic carbocycles. The largest absolute Gasteiger partial charge is 0.477 e. The Morgan fingerprint density at radius 3 is 2.97 bits per heavy atom. The first-order valence-corrected chi connectivity index (χ1v) is 11.3. The third-order valence-corrected chi connectivity index (χ3v) is 6.81. The molecule has 1 unspecified atom stereocenters. The molecule has 0 aliphatic carbocycles. The Hall–Kier alpha value is -3.09. The van der Waals surface area contributed by atoms with Crippen molar-refractivity contribution in [1.82, 2.24) is 19.6 Å². The molecule has 15 heteroatoms. The standard InChI is InChI=1S/C16H15N7O5S3/c1-28-21-8(11-20-16(18)31-22-11)12(24)19-9-13(25)23-10(15(26)27)7(6-30-14(9)23)5-29-4-2-3-17/h2,4,9,14H,5-6H2,1H3,(H,19,24)(H,26,27)(H2,18,20,22)/b4-2-,21-8-/t9?,14-/m1/s1. The van der Waals surface area contributed by atoms with Crippen LogP contribution in [0.25, 0.3) is 0 Å². The van der Waals surface area contributed by atoms with Crippen molar-refractivity contribution in [2.45, 2.75) is 11.4 Å². The number of nitrogens with zero attached hydrogens (tertiary/aromatic N) is 5. The molecular weight excluding hydrogens is 466 g/mol. The van der Waals surface area contributed by atoms with Crippen LogP contribution in [-0.2, 0) is 19.2 Å². The van der Waals surface area contributed by atoms with Crippen molar-refractivity contribution < 1.29 is 24.3 Å². The molecule has 2 aliphatic heterocycles. The molecule has 1 fully saturated rings. The fraction of sp³-hybridized carbons (Fsp3) is 0.312. The summed E-state index contributed by atoms with van der Waals surface area (Å²) in [7, 11) is 1.24. The summed E-state index contributed by atoms with van der Waals surface area (Å²) >= 11 is 3.46. The summed E-state index contributed by atoms with van der Waals surface area (Å²) < 4.78 is 3.91. The van der Waals surface area contributed by atoms with Gasteiger partial charge in [0.25, 0.3) is 11.8 Å². The van der Waals surface area contributed by atoms with E-state index in [9.17, 15) is 19.5 Å². The topological polar surface area (TPSA) is 184 Å². The predicted octanol–water partition coefficient (Wildman–Crippen LogP) is -0.0201. The van der Waals surface area contributed by atoms with Gasteiger partial charge in [0, 0.05) is 29.1 Å². The van der Waals surface area contributed by atoms with E-state index in [0.29, 0.717) is 17.1 Å². The smallest absolute Gasteiger partial charge is 0.352 e. The Kier molecular flexibility index (Phi) is 7.15. The number of nitrogen functional groups attached to an aromatic ring is 1. The van der Waals surface area contributed by atoms with Gasteiger partial charge in [-0.2, -0.15) is 14.6 Å². The van der Waals surface area contributed by atoms with Gasteiger partial charge in [-0.05, 0) is 11.0 Å². The van der Waals surface area contributed by atoms with Crippen LogP contribution in [0.1, 0.15) is 5.82 Å². The summed E-state index contributed by atoms with van der Waals surface area (Å²) in [5.74, 6) is -1.90. The first-order valence-electron chi connectivity index (χ1n) is 8.46. The molecule has 162 valence electrons. The second kappa shape index (κ2) is 9.81. The van der Waals surface area contributed by atoms with Crippen LogP contribution in [0.3, 0.4) is 0 Å². The molecule has 12 nitrogen and oxygen atoms in total. The number of nitriles is 1. The third kappa shape index (κ3) is 4.65. The molecule has 0 saturated carbocycles. The van der Waals surface area contributed by atoms with Crippen LogP contribution in [0.15, 0.2) is 27.9 Å². The summed E-state index contributed by atoms with van der Waals surface area (Å²) in [6.07, 6.45) is 1.29. The number of allylic oxidation sites excluding steroid dienone is 1. The van der Waals surface area contributed by atoms with Crippen LogP contribution >= 0.6 is 35.1 Å². The molecule has 0 bridgehead atoms. The molecule has 1 saturated heterocycles. The van der Waals surface area contributed by atoms with Crippen LogP contribution in [0.2, 0.25) is 0 Å². The van der Waals surface area contributed by atoms with E-state index in [4.69, 9.17) is 11.0 Å². The van der Waals surface area contributed by atoms with Gasteiger partial charge >= 0.3 is 5.97 Å². The number of nitrogens with two attached hydrogens (primary N) is 1. The van der Waals surface area contributed by atoms with Crippen molar-refractivity contribution in [2.24, 2.45) is 5.16 Å². The highest BCUT2D eigenvalue weighted by atomic mass is 32.2. The van der Waals surface area contributed by atoms with Crippen molar-refractivity contribution in [3.63, 3.8) is 0 Å². The number of carboxylic acid groups (broad SMARTS) is 1.